The van der Waals surface area contributed by atoms with E-state index in [1.807, 2.05) is 25.2 Å². The van der Waals surface area contributed by atoms with Crippen molar-refractivity contribution in [3.8, 4) is 0 Å². The van der Waals surface area contributed by atoms with Gasteiger partial charge in [-0.3, -0.25) is 9.69 Å². The molecule has 128 valence electrons. The molecule has 1 aromatic rings. The third kappa shape index (κ3) is 3.78. The van der Waals surface area contributed by atoms with Gasteiger partial charge in [0.25, 0.3) is 0 Å². The van der Waals surface area contributed by atoms with Gasteiger partial charge in [0.05, 0.1) is 5.92 Å². The van der Waals surface area contributed by atoms with Gasteiger partial charge in [-0.1, -0.05) is 0 Å². The highest BCUT2D eigenvalue weighted by atomic mass is 32.1. The number of ether oxygens (including phenoxy) is 1. The summed E-state index contributed by atoms with van der Waals surface area (Å²) in [7, 11) is 0. The van der Waals surface area contributed by atoms with Gasteiger partial charge in [-0.2, -0.15) is 0 Å². The number of rotatable bonds is 4. The highest BCUT2D eigenvalue weighted by Gasteiger charge is 2.50. The first-order chi connectivity index (χ1) is 11.0. The van der Waals surface area contributed by atoms with Gasteiger partial charge >= 0.3 is 0 Å². The van der Waals surface area contributed by atoms with Crippen molar-refractivity contribution in [2.75, 3.05) is 26.3 Å². The molecular formula is C18H28N2O2S. The second kappa shape index (κ2) is 6.91. The van der Waals surface area contributed by atoms with E-state index in [-0.39, 0.29) is 23.3 Å². The van der Waals surface area contributed by atoms with Gasteiger partial charge in [0.15, 0.2) is 0 Å². The van der Waals surface area contributed by atoms with Crippen molar-refractivity contribution >= 4 is 17.2 Å². The lowest BCUT2D eigenvalue weighted by atomic mass is 9.71. The van der Waals surface area contributed by atoms with Crippen LogP contribution in [0.5, 0.6) is 0 Å². The summed E-state index contributed by atoms with van der Waals surface area (Å²) < 4.78 is 5.57. The van der Waals surface area contributed by atoms with Crippen molar-refractivity contribution in [2.24, 2.45) is 11.3 Å². The van der Waals surface area contributed by atoms with Crippen molar-refractivity contribution in [3.63, 3.8) is 0 Å². The molecule has 1 spiro atoms. The minimum absolute atomic E-state index is 0.0925. The maximum Gasteiger partial charge on any atom is 0.225 e. The molecule has 2 aliphatic rings. The van der Waals surface area contributed by atoms with Crippen LogP contribution in [-0.4, -0.2) is 43.2 Å². The van der Waals surface area contributed by atoms with Crippen molar-refractivity contribution in [3.05, 3.63) is 21.9 Å². The second-order valence-corrected chi connectivity index (χ2v) is 8.75. The number of carbonyl (C=O) groups excluding carboxylic acids is 1. The molecule has 2 aliphatic heterocycles. The molecule has 1 atom stereocenters. The third-order valence-electron chi connectivity index (χ3n) is 5.13. The van der Waals surface area contributed by atoms with Crippen LogP contribution in [0.3, 0.4) is 0 Å². The van der Waals surface area contributed by atoms with Crippen LogP contribution in [0, 0.1) is 18.3 Å². The highest BCUT2D eigenvalue weighted by Crippen LogP contribution is 2.45. The quantitative estimate of drug-likeness (QED) is 0.919. The largest absolute Gasteiger partial charge is 0.381 e. The molecule has 1 amide bonds. The molecule has 3 heterocycles. The number of aryl methyl sites for hydroxylation is 1. The van der Waals surface area contributed by atoms with Gasteiger partial charge in [0.1, 0.15) is 0 Å². The Kier molecular flexibility index (Phi) is 5.09. The zero-order valence-electron chi connectivity index (χ0n) is 14.4. The molecule has 0 bridgehead atoms. The average molecular weight is 337 g/mol. The molecule has 5 heteroatoms. The van der Waals surface area contributed by atoms with E-state index in [9.17, 15) is 4.79 Å². The maximum absolute atomic E-state index is 12.8. The number of hydrogen-bond acceptors (Lipinski definition) is 4. The summed E-state index contributed by atoms with van der Waals surface area (Å²) >= 11 is 1.86. The van der Waals surface area contributed by atoms with Crippen molar-refractivity contribution in [1.82, 2.24) is 10.2 Å². The summed E-state index contributed by atoms with van der Waals surface area (Å²) in [5.41, 5.74) is 0.101. The lowest BCUT2D eigenvalue weighted by Gasteiger charge is -2.37. The molecule has 23 heavy (non-hydrogen) atoms. The summed E-state index contributed by atoms with van der Waals surface area (Å²) in [5.74, 6) is 0.321. The minimum Gasteiger partial charge on any atom is -0.381 e. The average Bonchev–Trinajstić information content (AvgIpc) is 3.04. The lowest BCUT2D eigenvalue weighted by molar-refractivity contribution is -0.130. The van der Waals surface area contributed by atoms with E-state index in [1.165, 1.54) is 9.75 Å². The molecule has 0 aromatic carbocycles. The molecule has 1 N–H and O–H groups in total. The standard InChI is InChI=1S/C18H28N2O2S/c1-13(2)19-17(21)16-11-20(10-15-5-4-14(3)23-15)12-18(16)6-8-22-9-7-18/h4-5,13,16H,6-12H2,1-3H3,(H,19,21)/t16-/m1/s1. The van der Waals surface area contributed by atoms with Crippen LogP contribution in [0.15, 0.2) is 12.1 Å². The molecule has 1 aromatic heterocycles. The Labute approximate surface area is 143 Å². The first-order valence-corrected chi connectivity index (χ1v) is 9.46. The number of nitrogens with one attached hydrogen (secondary N) is 1. The Balaban J connectivity index is 1.74. The first kappa shape index (κ1) is 16.9. The van der Waals surface area contributed by atoms with Crippen LogP contribution < -0.4 is 5.32 Å². The predicted octanol–water partition coefficient (Wildman–Crippen LogP) is 2.81. The minimum atomic E-state index is 0.0925. The van der Waals surface area contributed by atoms with Crippen LogP contribution in [0.2, 0.25) is 0 Å². The van der Waals surface area contributed by atoms with Crippen LogP contribution in [0.25, 0.3) is 0 Å². The fraction of sp³-hybridized carbons (Fsp3) is 0.722. The molecule has 0 aliphatic carbocycles. The zero-order chi connectivity index (χ0) is 16.4. The Hall–Kier alpha value is -0.910. The summed E-state index contributed by atoms with van der Waals surface area (Å²) in [6, 6.07) is 4.61. The van der Waals surface area contributed by atoms with Gasteiger partial charge < -0.3 is 10.1 Å². The molecule has 0 unspecified atom stereocenters. The van der Waals surface area contributed by atoms with Crippen molar-refractivity contribution in [2.45, 2.75) is 46.2 Å². The van der Waals surface area contributed by atoms with Crippen LogP contribution in [0.4, 0.5) is 0 Å². The third-order valence-corrected chi connectivity index (χ3v) is 6.12. The molecule has 0 saturated carbocycles. The van der Waals surface area contributed by atoms with Crippen LogP contribution >= 0.6 is 11.3 Å². The molecule has 2 fully saturated rings. The molecular weight excluding hydrogens is 308 g/mol. The molecule has 4 nitrogen and oxygen atoms in total. The number of nitrogens with zero attached hydrogens (tertiary/aromatic N) is 1. The van der Waals surface area contributed by atoms with E-state index in [1.54, 1.807) is 0 Å². The number of carbonyl (C=O) groups is 1. The van der Waals surface area contributed by atoms with Gasteiger partial charge in [-0.05, 0) is 45.7 Å². The van der Waals surface area contributed by atoms with Crippen LogP contribution in [-0.2, 0) is 16.1 Å². The highest BCUT2D eigenvalue weighted by molar-refractivity contribution is 7.11. The van der Waals surface area contributed by atoms with E-state index in [0.717, 1.165) is 45.7 Å². The Bertz CT molecular complexity index is 549. The number of amides is 1. The fourth-order valence-electron chi connectivity index (χ4n) is 4.01. The van der Waals surface area contributed by atoms with Gasteiger partial charge in [-0.25, -0.2) is 0 Å². The maximum atomic E-state index is 12.8. The Morgan fingerprint density at radius 3 is 2.78 bits per heavy atom. The van der Waals surface area contributed by atoms with Crippen molar-refractivity contribution in [1.29, 1.82) is 0 Å². The fourth-order valence-corrected chi connectivity index (χ4v) is 4.95. The smallest absolute Gasteiger partial charge is 0.225 e. The summed E-state index contributed by atoms with van der Waals surface area (Å²) in [6.07, 6.45) is 2.01. The summed E-state index contributed by atoms with van der Waals surface area (Å²) in [5, 5.41) is 3.14. The predicted molar refractivity (Wildman–Crippen MR) is 93.6 cm³/mol. The first-order valence-electron chi connectivity index (χ1n) is 8.64. The van der Waals surface area contributed by atoms with E-state index >= 15 is 0 Å². The van der Waals surface area contributed by atoms with E-state index in [0.29, 0.717) is 0 Å². The monoisotopic (exact) mass is 336 g/mol. The van der Waals surface area contributed by atoms with Gasteiger partial charge in [0.2, 0.25) is 5.91 Å². The second-order valence-electron chi connectivity index (χ2n) is 7.37. The number of thiophene rings is 1. The normalized spacial score (nSPS) is 24.4. The number of hydrogen-bond donors (Lipinski definition) is 1. The topological polar surface area (TPSA) is 41.6 Å². The Morgan fingerprint density at radius 1 is 1.43 bits per heavy atom. The Morgan fingerprint density at radius 2 is 2.17 bits per heavy atom. The van der Waals surface area contributed by atoms with E-state index in [2.05, 4.69) is 29.3 Å². The summed E-state index contributed by atoms with van der Waals surface area (Å²) in [6.45, 7) is 10.7. The van der Waals surface area contributed by atoms with Crippen molar-refractivity contribution < 1.29 is 9.53 Å². The zero-order valence-corrected chi connectivity index (χ0v) is 15.2. The number of likely N-dealkylation sites (tertiary alicyclic amines) is 1. The SMILES string of the molecule is Cc1ccc(CN2C[C@H](C(=O)NC(C)C)C3(CCOCC3)C2)s1. The molecule has 3 rings (SSSR count). The van der Waals surface area contributed by atoms with Crippen LogP contribution in [0.1, 0.15) is 36.4 Å². The molecule has 2 saturated heterocycles. The summed E-state index contributed by atoms with van der Waals surface area (Å²) in [4.78, 5) is 18.0. The van der Waals surface area contributed by atoms with E-state index < -0.39 is 0 Å². The van der Waals surface area contributed by atoms with E-state index in [4.69, 9.17) is 4.74 Å². The van der Waals surface area contributed by atoms with Gasteiger partial charge in [-0.15, -0.1) is 11.3 Å². The molecule has 0 radical (unpaired) electrons. The lowest BCUT2D eigenvalue weighted by Crippen LogP contribution is -2.46. The van der Waals surface area contributed by atoms with Gasteiger partial charge in [0, 0.05) is 54.1 Å².